The van der Waals surface area contributed by atoms with Gasteiger partial charge in [-0.3, -0.25) is 4.79 Å². The van der Waals surface area contributed by atoms with E-state index in [0.717, 1.165) is 4.60 Å². The fraction of sp³-hybridized carbons (Fsp3) is 0.143. The smallest absolute Gasteiger partial charge is 0.313 e. The van der Waals surface area contributed by atoms with Gasteiger partial charge in [-0.25, -0.2) is 4.98 Å². The lowest BCUT2D eigenvalue weighted by Gasteiger charge is -1.96. The fourth-order valence-electron chi connectivity index (χ4n) is 0.606. The van der Waals surface area contributed by atoms with E-state index in [0.29, 0.717) is 5.03 Å². The van der Waals surface area contributed by atoms with Crippen LogP contribution in [0.25, 0.3) is 0 Å². The van der Waals surface area contributed by atoms with Gasteiger partial charge in [-0.15, -0.1) is 0 Å². The number of halogens is 1. The summed E-state index contributed by atoms with van der Waals surface area (Å²) in [4.78, 5) is 14.3. The van der Waals surface area contributed by atoms with Crippen LogP contribution in [0.15, 0.2) is 27.8 Å². The number of carbonyl (C=O) groups is 1. The van der Waals surface area contributed by atoms with Crippen molar-refractivity contribution in [1.82, 2.24) is 4.98 Å². The molecule has 1 heterocycles. The Morgan fingerprint density at radius 3 is 3.00 bits per heavy atom. The highest BCUT2D eigenvalue weighted by atomic mass is 79.9. The predicted octanol–water partition coefficient (Wildman–Crippen LogP) is 2.02. The summed E-state index contributed by atoms with van der Waals surface area (Å²) in [6.07, 6.45) is 0. The number of carboxylic acid groups (broad SMARTS) is 1. The van der Waals surface area contributed by atoms with Gasteiger partial charge < -0.3 is 5.11 Å². The molecule has 0 aliphatic heterocycles. The van der Waals surface area contributed by atoms with Crippen LogP contribution in [0.3, 0.4) is 0 Å². The minimum absolute atomic E-state index is 0.0451. The third-order valence-corrected chi connectivity index (χ3v) is 2.39. The molecule has 1 aromatic heterocycles. The summed E-state index contributed by atoms with van der Waals surface area (Å²) in [5, 5.41) is 9.10. The van der Waals surface area contributed by atoms with Crippen LogP contribution in [0, 0.1) is 0 Å². The Hall–Kier alpha value is -0.550. The molecule has 0 spiro atoms. The number of carboxylic acids is 1. The van der Waals surface area contributed by atoms with Gasteiger partial charge in [0.2, 0.25) is 0 Å². The molecule has 0 amide bonds. The Balaban J connectivity index is 2.57. The van der Waals surface area contributed by atoms with Crippen molar-refractivity contribution in [2.24, 2.45) is 0 Å². The van der Waals surface area contributed by atoms with Crippen molar-refractivity contribution in [2.75, 3.05) is 5.75 Å². The van der Waals surface area contributed by atoms with Gasteiger partial charge in [0.15, 0.2) is 0 Å². The van der Waals surface area contributed by atoms with Crippen molar-refractivity contribution in [1.29, 1.82) is 0 Å². The van der Waals surface area contributed by atoms with E-state index < -0.39 is 5.97 Å². The van der Waals surface area contributed by atoms with Gasteiger partial charge in [0, 0.05) is 0 Å². The molecule has 0 aliphatic rings. The van der Waals surface area contributed by atoms with E-state index in [1.807, 2.05) is 6.07 Å². The van der Waals surface area contributed by atoms with Gasteiger partial charge in [-0.1, -0.05) is 17.8 Å². The SMILES string of the molecule is O=C(O)CSc1cccc(Br)n1. The lowest BCUT2D eigenvalue weighted by atomic mass is 10.5. The second-order valence-electron chi connectivity index (χ2n) is 1.98. The number of hydrogen-bond acceptors (Lipinski definition) is 3. The molecule has 12 heavy (non-hydrogen) atoms. The predicted molar refractivity (Wildman–Crippen MR) is 50.3 cm³/mol. The summed E-state index contributed by atoms with van der Waals surface area (Å²) in [5.74, 6) is -0.787. The molecule has 0 fully saturated rings. The minimum atomic E-state index is -0.832. The summed E-state index contributed by atoms with van der Waals surface area (Å²) in [6.45, 7) is 0. The molecule has 0 bridgehead atoms. The van der Waals surface area contributed by atoms with Crippen molar-refractivity contribution in [3.05, 3.63) is 22.8 Å². The lowest BCUT2D eigenvalue weighted by molar-refractivity contribution is -0.133. The van der Waals surface area contributed by atoms with Crippen LogP contribution in [0.4, 0.5) is 0 Å². The van der Waals surface area contributed by atoms with E-state index in [2.05, 4.69) is 20.9 Å². The molecule has 0 saturated heterocycles. The average molecular weight is 248 g/mol. The summed E-state index contributed by atoms with van der Waals surface area (Å²) in [7, 11) is 0. The highest BCUT2D eigenvalue weighted by Crippen LogP contribution is 2.17. The Bertz CT molecular complexity index is 292. The maximum atomic E-state index is 10.2. The zero-order valence-electron chi connectivity index (χ0n) is 6.03. The number of nitrogens with zero attached hydrogens (tertiary/aromatic N) is 1. The average Bonchev–Trinajstić information content (AvgIpc) is 2.01. The van der Waals surface area contributed by atoms with Crippen molar-refractivity contribution in [2.45, 2.75) is 5.03 Å². The van der Waals surface area contributed by atoms with E-state index in [1.165, 1.54) is 11.8 Å². The lowest BCUT2D eigenvalue weighted by Crippen LogP contribution is -1.97. The first-order valence-electron chi connectivity index (χ1n) is 3.15. The minimum Gasteiger partial charge on any atom is -0.481 e. The molecule has 1 rings (SSSR count). The molecule has 0 atom stereocenters. The van der Waals surface area contributed by atoms with E-state index in [4.69, 9.17) is 5.11 Å². The van der Waals surface area contributed by atoms with Crippen LogP contribution in [0.1, 0.15) is 0 Å². The molecule has 0 aromatic carbocycles. The molecule has 64 valence electrons. The zero-order valence-corrected chi connectivity index (χ0v) is 8.43. The quantitative estimate of drug-likeness (QED) is 0.656. The Morgan fingerprint density at radius 1 is 1.67 bits per heavy atom. The third-order valence-electron chi connectivity index (χ3n) is 1.03. The van der Waals surface area contributed by atoms with Gasteiger partial charge in [0.1, 0.15) is 4.60 Å². The summed E-state index contributed by atoms with van der Waals surface area (Å²) in [5.41, 5.74) is 0. The first-order valence-corrected chi connectivity index (χ1v) is 4.93. The number of thioether (sulfide) groups is 1. The Labute approximate surface area is 82.3 Å². The summed E-state index contributed by atoms with van der Waals surface area (Å²) in [6, 6.07) is 5.39. The van der Waals surface area contributed by atoms with Gasteiger partial charge in [0.05, 0.1) is 10.8 Å². The standard InChI is InChI=1S/C7H6BrNO2S/c8-5-2-1-3-6(9-5)12-4-7(10)11/h1-3H,4H2,(H,10,11). The van der Waals surface area contributed by atoms with Gasteiger partial charge >= 0.3 is 5.97 Å². The van der Waals surface area contributed by atoms with Gasteiger partial charge in [-0.05, 0) is 28.1 Å². The number of hydrogen-bond donors (Lipinski definition) is 1. The molecule has 0 aliphatic carbocycles. The van der Waals surface area contributed by atoms with Crippen LogP contribution >= 0.6 is 27.7 Å². The van der Waals surface area contributed by atoms with Crippen molar-refractivity contribution < 1.29 is 9.90 Å². The van der Waals surface area contributed by atoms with Crippen LogP contribution in [0.5, 0.6) is 0 Å². The van der Waals surface area contributed by atoms with Crippen molar-refractivity contribution in [3.63, 3.8) is 0 Å². The van der Waals surface area contributed by atoms with E-state index in [-0.39, 0.29) is 5.75 Å². The van der Waals surface area contributed by atoms with Crippen LogP contribution in [-0.4, -0.2) is 21.8 Å². The molecular weight excluding hydrogens is 242 g/mol. The van der Waals surface area contributed by atoms with Crippen molar-refractivity contribution >= 4 is 33.7 Å². The zero-order chi connectivity index (χ0) is 8.97. The van der Waals surface area contributed by atoms with E-state index in [9.17, 15) is 4.79 Å². The van der Waals surface area contributed by atoms with Crippen molar-refractivity contribution in [3.8, 4) is 0 Å². The fourth-order valence-corrected chi connectivity index (χ4v) is 1.68. The first kappa shape index (κ1) is 9.54. The number of rotatable bonds is 3. The molecule has 3 nitrogen and oxygen atoms in total. The number of aliphatic carboxylic acids is 1. The molecule has 0 saturated carbocycles. The van der Waals surface area contributed by atoms with Crippen LogP contribution in [0.2, 0.25) is 0 Å². The Morgan fingerprint density at radius 2 is 2.42 bits per heavy atom. The second kappa shape index (κ2) is 4.47. The molecule has 1 N–H and O–H groups in total. The highest BCUT2D eigenvalue weighted by molar-refractivity contribution is 9.10. The molecule has 0 unspecified atom stereocenters. The normalized spacial score (nSPS) is 9.75. The second-order valence-corrected chi connectivity index (χ2v) is 3.79. The van der Waals surface area contributed by atoms with E-state index >= 15 is 0 Å². The molecule has 5 heteroatoms. The van der Waals surface area contributed by atoms with Gasteiger partial charge in [0.25, 0.3) is 0 Å². The maximum absolute atomic E-state index is 10.2. The monoisotopic (exact) mass is 247 g/mol. The topological polar surface area (TPSA) is 50.2 Å². The largest absolute Gasteiger partial charge is 0.481 e. The highest BCUT2D eigenvalue weighted by Gasteiger charge is 2.00. The number of pyridine rings is 1. The molecule has 1 aromatic rings. The van der Waals surface area contributed by atoms with Gasteiger partial charge in [-0.2, -0.15) is 0 Å². The van der Waals surface area contributed by atoms with Crippen LogP contribution in [-0.2, 0) is 4.79 Å². The summed E-state index contributed by atoms with van der Waals surface area (Å²) >= 11 is 4.40. The first-order chi connectivity index (χ1) is 5.68. The summed E-state index contributed by atoms with van der Waals surface area (Å²) < 4.78 is 0.720. The molecule has 0 radical (unpaired) electrons. The Kier molecular flexibility index (Phi) is 3.55. The van der Waals surface area contributed by atoms with Crippen LogP contribution < -0.4 is 0 Å². The maximum Gasteiger partial charge on any atom is 0.313 e. The number of aromatic nitrogens is 1. The third kappa shape index (κ3) is 3.23. The van der Waals surface area contributed by atoms with E-state index in [1.54, 1.807) is 12.1 Å². The molecular formula is C7H6BrNO2S.